The van der Waals surface area contributed by atoms with Gasteiger partial charge in [-0.05, 0) is 141 Å². The summed E-state index contributed by atoms with van der Waals surface area (Å²) in [6.45, 7) is 44.9. The molecule has 0 bridgehead atoms. The van der Waals surface area contributed by atoms with Crippen LogP contribution < -0.4 is 51.2 Å². The van der Waals surface area contributed by atoms with Crippen molar-refractivity contribution in [2.75, 3.05) is 20.1 Å². The van der Waals surface area contributed by atoms with Crippen molar-refractivity contribution in [3.63, 3.8) is 0 Å². The largest absolute Gasteiger partial charge is 1.00 e. The van der Waals surface area contributed by atoms with Crippen molar-refractivity contribution in [3.8, 4) is 0 Å². The van der Waals surface area contributed by atoms with Gasteiger partial charge in [0.25, 0.3) is 0 Å². The summed E-state index contributed by atoms with van der Waals surface area (Å²) in [5.41, 5.74) is 8.82. The third-order valence-corrected chi connectivity index (χ3v) is 29.2. The molecular formula is C82H123INO9PSi. The van der Waals surface area contributed by atoms with Crippen molar-refractivity contribution in [1.29, 1.82) is 0 Å². The second-order valence-corrected chi connectivity index (χ2v) is 37.4. The third kappa shape index (κ3) is 25.5. The SMILES string of the molecule is CC/C=C\C(C)[C@H](C)[C@@H](C)[C@H](O[Si](C)(C)C(C)(C)C)[C@@H](C)C/C(C)=C\[C@H](C)[C@@H](OCOC)C(C)C[P+](c1ccccc1)(c1ccccc1)c1ccccc1.CC/C=C\C(C)[C@H](OC(N)=O)[C@@H](C)[C@H](O)[C@@H](C)C/C(C)=C\[C@H](C)[C@@H](O)C(C)/C=C\c1ccc2ccc(=O)oc2c1.[I-]. The number of primary amides is 1. The van der Waals surface area contributed by atoms with E-state index in [1.54, 1.807) is 13.2 Å². The lowest BCUT2D eigenvalue weighted by Crippen LogP contribution is -3.00. The van der Waals surface area contributed by atoms with Gasteiger partial charge in [0, 0.05) is 54.1 Å². The molecule has 0 aliphatic heterocycles. The Kier molecular flexibility index (Phi) is 36.4. The van der Waals surface area contributed by atoms with Crippen molar-refractivity contribution < 1.29 is 62.0 Å². The predicted molar refractivity (Wildman–Crippen MR) is 403 cm³/mol. The summed E-state index contributed by atoms with van der Waals surface area (Å²) in [6, 6.07) is 42.4. The van der Waals surface area contributed by atoms with Crippen LogP contribution in [0, 0.1) is 65.1 Å². The Bertz CT molecular complexity index is 3140. The summed E-state index contributed by atoms with van der Waals surface area (Å²) in [7, 11) is -2.31. The number of carbonyl (C=O) groups excluding carboxylic acids is 1. The molecule has 0 saturated carbocycles. The summed E-state index contributed by atoms with van der Waals surface area (Å²) < 4.78 is 30.3. The molecule has 5 rings (SSSR count). The topological polar surface area (TPSA) is 151 Å². The van der Waals surface area contributed by atoms with E-state index in [2.05, 4.69) is 205 Å². The van der Waals surface area contributed by atoms with Crippen molar-refractivity contribution in [2.24, 2.45) is 70.8 Å². The van der Waals surface area contributed by atoms with Gasteiger partial charge in [-0.25, -0.2) is 9.59 Å². The average molecular weight is 1450 g/mol. The lowest BCUT2D eigenvalue weighted by atomic mass is 9.77. The number of ether oxygens (including phenoxy) is 3. The van der Waals surface area contributed by atoms with Gasteiger partial charge in [-0.3, -0.25) is 0 Å². The first kappa shape index (κ1) is 84.5. The number of aliphatic hydroxyl groups excluding tert-OH is 2. The molecular weight excluding hydrogens is 1330 g/mol. The van der Waals surface area contributed by atoms with Gasteiger partial charge in [0.2, 0.25) is 0 Å². The molecule has 4 N–H and O–H groups in total. The summed E-state index contributed by atoms with van der Waals surface area (Å²) in [4.78, 5) is 23.1. The Balaban J connectivity index is 0.000000512. The zero-order valence-corrected chi connectivity index (χ0v) is 65.9. The van der Waals surface area contributed by atoms with Gasteiger partial charge in [-0.15, -0.1) is 0 Å². The van der Waals surface area contributed by atoms with Crippen molar-refractivity contribution in [3.05, 3.63) is 191 Å². The zero-order valence-electron chi connectivity index (χ0n) is 61.8. The molecule has 1 aromatic heterocycles. The maximum atomic E-state index is 11.5. The van der Waals surface area contributed by atoms with Crippen LogP contribution in [0.4, 0.5) is 4.79 Å². The Hall–Kier alpha value is -4.76. The Labute approximate surface area is 593 Å². The molecule has 0 fully saturated rings. The van der Waals surface area contributed by atoms with Crippen LogP contribution in [0.1, 0.15) is 156 Å². The van der Waals surface area contributed by atoms with Crippen LogP contribution >= 0.6 is 7.26 Å². The molecule has 10 nitrogen and oxygen atoms in total. The van der Waals surface area contributed by atoms with Crippen LogP contribution in [0.2, 0.25) is 18.1 Å². The first-order valence-corrected chi connectivity index (χ1v) is 39.8. The fraction of sp³-hybridized carbons (Fsp3) is 0.537. The molecule has 526 valence electrons. The minimum atomic E-state index is -2.03. The highest BCUT2D eigenvalue weighted by atomic mass is 127. The number of methoxy groups -OCH3 is 1. The van der Waals surface area contributed by atoms with Gasteiger partial charge in [0.1, 0.15) is 41.7 Å². The molecule has 13 heteroatoms. The van der Waals surface area contributed by atoms with Gasteiger partial charge < -0.3 is 63.0 Å². The van der Waals surface area contributed by atoms with E-state index in [0.29, 0.717) is 35.7 Å². The normalized spacial score (nSPS) is 18.0. The van der Waals surface area contributed by atoms with Crippen molar-refractivity contribution >= 4 is 54.6 Å². The first-order chi connectivity index (χ1) is 44.3. The summed E-state index contributed by atoms with van der Waals surface area (Å²) in [5.74, 6) is 1.55. The number of aliphatic hydroxyl groups is 2. The number of amides is 1. The molecule has 5 aromatic rings. The molecule has 1 amide bonds. The molecule has 4 unspecified atom stereocenters. The maximum Gasteiger partial charge on any atom is 0.404 e. The van der Waals surface area contributed by atoms with E-state index in [1.807, 2.05) is 91.0 Å². The number of hydrogen-bond donors (Lipinski definition) is 3. The number of hydrogen-bond acceptors (Lipinski definition) is 9. The summed E-state index contributed by atoms with van der Waals surface area (Å²) >= 11 is 0. The lowest BCUT2D eigenvalue weighted by Gasteiger charge is -2.44. The highest BCUT2D eigenvalue weighted by Crippen LogP contribution is 2.57. The van der Waals surface area contributed by atoms with Crippen LogP contribution in [0.15, 0.2) is 184 Å². The van der Waals surface area contributed by atoms with E-state index in [1.165, 1.54) is 27.6 Å². The second kappa shape index (κ2) is 41.0. The number of carbonyl (C=O) groups is 1. The fourth-order valence-electron chi connectivity index (χ4n) is 13.4. The van der Waals surface area contributed by atoms with E-state index in [4.69, 9.17) is 28.8 Å². The minimum Gasteiger partial charge on any atom is -1.00 e. The molecule has 95 heavy (non-hydrogen) atoms. The summed E-state index contributed by atoms with van der Waals surface area (Å²) in [6.07, 6.45) is 19.2. The number of benzene rings is 4. The van der Waals surface area contributed by atoms with Crippen LogP contribution in [0.5, 0.6) is 0 Å². The van der Waals surface area contributed by atoms with Gasteiger partial charge >= 0.3 is 11.7 Å². The molecule has 0 spiro atoms. The Morgan fingerprint density at radius 2 is 1.09 bits per heavy atom. The monoisotopic (exact) mass is 1450 g/mol. The van der Waals surface area contributed by atoms with E-state index in [-0.39, 0.29) is 95.1 Å². The highest BCUT2D eigenvalue weighted by molar-refractivity contribution is 7.95. The second-order valence-electron chi connectivity index (χ2n) is 29.1. The van der Waals surface area contributed by atoms with Crippen LogP contribution in [-0.2, 0) is 18.6 Å². The summed E-state index contributed by atoms with van der Waals surface area (Å²) in [5, 5.41) is 27.3. The van der Waals surface area contributed by atoms with Crippen molar-refractivity contribution in [1.82, 2.24) is 0 Å². The highest BCUT2D eigenvalue weighted by Gasteiger charge is 2.48. The van der Waals surface area contributed by atoms with Crippen LogP contribution in [0.3, 0.4) is 0 Å². The molecule has 0 radical (unpaired) electrons. The molecule has 0 saturated heterocycles. The number of rotatable bonds is 35. The molecule has 16 atom stereocenters. The standard InChI is InChI=1S/C49H76O3PSi.C33H47NO6.HI/c1-15-16-26-38(3)42(7)43(8)48(52-54(13,14)49(9,10)11)40(5)34-37(2)33-39(4)47(51-36-50-12)41(6)35-53(44-27-20-17-21-28-44,45-29-22-18-23-30-45)46-31-24-19-25-32-46;1-8-9-10-22(4)32(40-33(34)38)25(7)31(37)24(6)18-20(2)17-23(5)30(36)21(3)11-12-26-13-14-27-15-16-29(35)39-28(27)19-26;/h16-33,38-43,47-48H,15,34-36H2,1-14H3;9-17,19,21-25,30-32,36-37H,8,18H2,1-7H3,(H2,34,38);1H/q+1;;/p-1/b26-16-,37-33-;10-9-,12-11-,20-17-;/t38?,39-,40-,41?,42-,43+,47+,48+;21?,22?,23-,24-,25-,30-,31+,32-;/m00./s1. The molecule has 1 heterocycles. The van der Waals surface area contributed by atoms with Crippen LogP contribution in [-0.4, -0.2) is 75.2 Å². The number of halogens is 1. The van der Waals surface area contributed by atoms with Gasteiger partial charge in [-0.2, -0.15) is 0 Å². The van der Waals surface area contributed by atoms with Gasteiger partial charge in [0.15, 0.2) is 8.32 Å². The smallest absolute Gasteiger partial charge is 0.404 e. The van der Waals surface area contributed by atoms with Crippen LogP contribution in [0.25, 0.3) is 17.0 Å². The van der Waals surface area contributed by atoms with E-state index in [9.17, 15) is 19.8 Å². The lowest BCUT2D eigenvalue weighted by molar-refractivity contribution is -0.0981. The predicted octanol–water partition coefficient (Wildman–Crippen LogP) is 16.0. The average Bonchev–Trinajstić information content (AvgIpc) is 0.760. The maximum absolute atomic E-state index is 11.5. The Morgan fingerprint density at radius 1 is 0.600 bits per heavy atom. The molecule has 0 aliphatic carbocycles. The van der Waals surface area contributed by atoms with E-state index >= 15 is 0 Å². The third-order valence-electron chi connectivity index (χ3n) is 20.0. The Morgan fingerprint density at radius 3 is 1.59 bits per heavy atom. The van der Waals surface area contributed by atoms with Crippen molar-refractivity contribution in [2.45, 2.75) is 199 Å². The molecule has 4 aromatic carbocycles. The zero-order chi connectivity index (χ0) is 70.1. The van der Waals surface area contributed by atoms with Gasteiger partial charge in [-0.1, -0.05) is 237 Å². The first-order valence-electron chi connectivity index (χ1n) is 34.9. The van der Waals surface area contributed by atoms with Gasteiger partial charge in [0.05, 0.1) is 30.6 Å². The number of fused-ring (bicyclic) bond motifs is 1. The van der Waals surface area contributed by atoms with E-state index in [0.717, 1.165) is 41.9 Å². The number of allylic oxidation sites excluding steroid dienone is 5. The fourth-order valence-corrected chi connectivity index (χ4v) is 19.5. The van der Waals surface area contributed by atoms with E-state index < -0.39 is 40.0 Å². The quantitative estimate of drug-likeness (QED) is 0.00899. The minimum absolute atomic E-state index is 0. The number of nitrogens with two attached hydrogens (primary N) is 1. The molecule has 0 aliphatic rings.